The second-order valence-electron chi connectivity index (χ2n) is 12.9. The van der Waals surface area contributed by atoms with Crippen molar-refractivity contribution in [2.24, 2.45) is 23.2 Å². The fourth-order valence-corrected chi connectivity index (χ4v) is 8.59. The Kier molecular flexibility index (Phi) is 6.50. The third-order valence-corrected chi connectivity index (χ3v) is 10.1. The highest BCUT2D eigenvalue weighted by Gasteiger charge is 2.50. The summed E-state index contributed by atoms with van der Waals surface area (Å²) in [5.74, 6) is 4.94. The van der Waals surface area contributed by atoms with Crippen molar-refractivity contribution in [1.82, 2.24) is 24.6 Å². The molecule has 4 saturated carbocycles. The molecule has 5 fully saturated rings. The van der Waals surface area contributed by atoms with E-state index in [1.165, 1.54) is 44.9 Å². The van der Waals surface area contributed by atoms with Gasteiger partial charge in [-0.3, -0.25) is 14.1 Å². The number of nitrogens with zero attached hydrogens (tertiary/aromatic N) is 5. The van der Waals surface area contributed by atoms with E-state index in [0.29, 0.717) is 11.8 Å². The summed E-state index contributed by atoms with van der Waals surface area (Å²) in [6.45, 7) is 6.19. The lowest BCUT2D eigenvalue weighted by Gasteiger charge is -2.56. The molecule has 1 saturated heterocycles. The van der Waals surface area contributed by atoms with E-state index in [2.05, 4.69) is 37.8 Å². The number of piperazine rings is 1. The molecule has 1 aromatic carbocycles. The molecule has 0 unspecified atom stereocenters. The van der Waals surface area contributed by atoms with E-state index in [1.807, 2.05) is 18.2 Å². The van der Waals surface area contributed by atoms with Crippen LogP contribution in [0.4, 0.5) is 5.82 Å². The van der Waals surface area contributed by atoms with Gasteiger partial charge in [-0.05, 0) is 99.3 Å². The number of unbranched alkanes of at least 4 members (excludes halogenated alkanes) is 2. The summed E-state index contributed by atoms with van der Waals surface area (Å²) in [6, 6.07) is 10.3. The molecule has 1 aliphatic heterocycles. The van der Waals surface area contributed by atoms with Crippen LogP contribution in [0.25, 0.3) is 16.8 Å². The number of benzene rings is 1. The minimum atomic E-state index is 0.282. The van der Waals surface area contributed by atoms with Crippen molar-refractivity contribution in [2.45, 2.75) is 64.2 Å². The Morgan fingerprint density at radius 3 is 2.39 bits per heavy atom. The molecule has 4 bridgehead atoms. The summed E-state index contributed by atoms with van der Waals surface area (Å²) in [5, 5.41) is 3.35. The third-order valence-electron chi connectivity index (χ3n) is 10.1. The first kappa shape index (κ1) is 24.4. The highest BCUT2D eigenvalue weighted by molar-refractivity contribution is 5.79. The van der Waals surface area contributed by atoms with E-state index in [-0.39, 0.29) is 5.91 Å². The number of aromatic nitrogens is 3. The molecule has 7 nitrogen and oxygen atoms in total. The van der Waals surface area contributed by atoms with Crippen LogP contribution in [-0.2, 0) is 4.79 Å². The summed E-state index contributed by atoms with van der Waals surface area (Å²) in [4.78, 5) is 27.1. The lowest BCUT2D eigenvalue weighted by molar-refractivity contribution is -0.123. The monoisotopic (exact) mass is 514 g/mol. The molecule has 4 aliphatic carbocycles. The highest BCUT2D eigenvalue weighted by atomic mass is 16.1. The Bertz CT molecular complexity index is 1260. The third kappa shape index (κ3) is 4.90. The first-order valence-corrected chi connectivity index (χ1v) is 15.1. The zero-order chi connectivity index (χ0) is 25.5. The molecule has 1 N–H and O–H groups in total. The van der Waals surface area contributed by atoms with E-state index in [4.69, 9.17) is 9.97 Å². The van der Waals surface area contributed by atoms with Crippen molar-refractivity contribution in [3.05, 3.63) is 36.5 Å². The molecule has 0 atom stereocenters. The fourth-order valence-electron chi connectivity index (χ4n) is 8.59. The molecule has 8 rings (SSSR count). The second-order valence-corrected chi connectivity index (χ2v) is 12.9. The maximum Gasteiger partial charge on any atom is 0.236 e. The number of amides is 1. The van der Waals surface area contributed by atoms with Gasteiger partial charge in [-0.2, -0.15) is 4.98 Å². The Balaban J connectivity index is 0.806. The zero-order valence-electron chi connectivity index (χ0n) is 22.7. The van der Waals surface area contributed by atoms with Crippen LogP contribution in [0.3, 0.4) is 0 Å². The van der Waals surface area contributed by atoms with Gasteiger partial charge in [0.2, 0.25) is 11.7 Å². The number of hydrogen-bond acceptors (Lipinski definition) is 5. The van der Waals surface area contributed by atoms with Crippen LogP contribution in [0.5, 0.6) is 0 Å². The van der Waals surface area contributed by atoms with Crippen LogP contribution < -0.4 is 10.2 Å². The second kappa shape index (κ2) is 10.1. The molecular formula is C31H42N6O. The summed E-state index contributed by atoms with van der Waals surface area (Å²) in [6.07, 6.45) is 14.6. The van der Waals surface area contributed by atoms with Crippen LogP contribution in [0.1, 0.15) is 64.2 Å². The first-order valence-electron chi connectivity index (χ1n) is 15.1. The molecule has 5 aliphatic rings. The van der Waals surface area contributed by atoms with Gasteiger partial charge in [-0.25, -0.2) is 4.98 Å². The largest absolute Gasteiger partial charge is 0.356 e. The Hall–Kier alpha value is -2.67. The van der Waals surface area contributed by atoms with Crippen LogP contribution in [-0.4, -0.2) is 64.4 Å². The van der Waals surface area contributed by atoms with Gasteiger partial charge >= 0.3 is 0 Å². The molecule has 0 radical (unpaired) electrons. The number of fused-ring (bicyclic) bond motifs is 3. The van der Waals surface area contributed by atoms with Crippen LogP contribution in [0, 0.1) is 23.2 Å². The number of nitrogens with one attached hydrogen (secondary N) is 1. The maximum absolute atomic E-state index is 12.6. The van der Waals surface area contributed by atoms with E-state index in [1.54, 1.807) is 0 Å². The number of rotatable bonds is 9. The number of carbonyl (C=O) groups is 1. The van der Waals surface area contributed by atoms with Gasteiger partial charge in [0, 0.05) is 45.3 Å². The van der Waals surface area contributed by atoms with Crippen LogP contribution in [0.2, 0.25) is 0 Å². The van der Waals surface area contributed by atoms with Crippen molar-refractivity contribution in [1.29, 1.82) is 0 Å². The Labute approximate surface area is 226 Å². The smallest absolute Gasteiger partial charge is 0.236 e. The van der Waals surface area contributed by atoms with Gasteiger partial charge in [-0.15, -0.1) is 0 Å². The lowest BCUT2D eigenvalue weighted by atomic mass is 9.49. The number of anilines is 1. The minimum Gasteiger partial charge on any atom is -0.356 e. The SMILES string of the molecule is O=C(CCCCCN1CCN(c2ccn3c(n2)nc2ccccc23)CC1)NCC12CC3CC(CC(C3)C1)C2. The van der Waals surface area contributed by atoms with Gasteiger partial charge in [-0.1, -0.05) is 18.6 Å². The Morgan fingerprint density at radius 2 is 1.63 bits per heavy atom. The molecule has 7 heteroatoms. The molecule has 2 aromatic heterocycles. The van der Waals surface area contributed by atoms with Crippen molar-refractivity contribution >= 4 is 28.5 Å². The predicted molar refractivity (Wildman–Crippen MR) is 151 cm³/mol. The van der Waals surface area contributed by atoms with Crippen LogP contribution in [0.15, 0.2) is 36.5 Å². The van der Waals surface area contributed by atoms with Crippen molar-refractivity contribution in [2.75, 3.05) is 44.2 Å². The number of carbonyl (C=O) groups excluding carboxylic acids is 1. The number of hydrogen-bond donors (Lipinski definition) is 1. The molecule has 38 heavy (non-hydrogen) atoms. The van der Waals surface area contributed by atoms with Gasteiger partial charge < -0.3 is 10.2 Å². The van der Waals surface area contributed by atoms with Crippen molar-refractivity contribution in [3.8, 4) is 0 Å². The first-order chi connectivity index (χ1) is 18.6. The van der Waals surface area contributed by atoms with Crippen molar-refractivity contribution in [3.63, 3.8) is 0 Å². The van der Waals surface area contributed by atoms with E-state index < -0.39 is 0 Å². The van der Waals surface area contributed by atoms with Gasteiger partial charge in [0.15, 0.2) is 0 Å². The summed E-state index contributed by atoms with van der Waals surface area (Å²) < 4.78 is 2.07. The van der Waals surface area contributed by atoms with E-state index in [0.717, 1.165) is 92.5 Å². The van der Waals surface area contributed by atoms with Gasteiger partial charge in [0.05, 0.1) is 11.0 Å². The molecule has 0 spiro atoms. The zero-order valence-corrected chi connectivity index (χ0v) is 22.7. The molecular weight excluding hydrogens is 472 g/mol. The fraction of sp³-hybridized carbons (Fsp3) is 0.645. The molecule has 3 aromatic rings. The standard InChI is InChI=1S/C31H42N6O/c38-29(32-22-31-19-23-16-24(20-31)18-25(17-23)21-31)8-2-1-5-10-35-12-14-36(15-13-35)28-9-11-37-27-7-4-3-6-26(27)33-30(37)34-28/h3-4,6-7,9,11,23-25H,1-2,5,8,10,12-22H2,(H,32,38). The van der Waals surface area contributed by atoms with Crippen LogP contribution >= 0.6 is 0 Å². The lowest BCUT2D eigenvalue weighted by Crippen LogP contribution is -2.51. The molecule has 202 valence electrons. The predicted octanol–water partition coefficient (Wildman–Crippen LogP) is 4.90. The average Bonchev–Trinajstić information content (AvgIpc) is 3.29. The summed E-state index contributed by atoms with van der Waals surface area (Å²) >= 11 is 0. The van der Waals surface area contributed by atoms with Gasteiger partial charge in [0.1, 0.15) is 5.82 Å². The molecule has 1 amide bonds. The van der Waals surface area contributed by atoms with E-state index >= 15 is 0 Å². The van der Waals surface area contributed by atoms with Gasteiger partial charge in [0.25, 0.3) is 0 Å². The summed E-state index contributed by atoms with van der Waals surface area (Å²) in [7, 11) is 0. The minimum absolute atomic E-state index is 0.282. The quantitative estimate of drug-likeness (QED) is 0.412. The summed E-state index contributed by atoms with van der Waals surface area (Å²) in [5.41, 5.74) is 2.54. The van der Waals surface area contributed by atoms with Crippen molar-refractivity contribution < 1.29 is 4.79 Å². The van der Waals surface area contributed by atoms with E-state index in [9.17, 15) is 4.79 Å². The molecule has 3 heterocycles. The maximum atomic E-state index is 12.6. The highest BCUT2D eigenvalue weighted by Crippen LogP contribution is 2.59. The average molecular weight is 515 g/mol. The number of imidazole rings is 1. The topological polar surface area (TPSA) is 65.8 Å². The normalized spacial score (nSPS) is 28.9. The Morgan fingerprint density at radius 1 is 0.895 bits per heavy atom. The number of para-hydroxylation sites is 2.